The van der Waals surface area contributed by atoms with Gasteiger partial charge in [0.2, 0.25) is 5.91 Å². The first-order chi connectivity index (χ1) is 14.9. The van der Waals surface area contributed by atoms with E-state index in [0.717, 1.165) is 14.7 Å². The van der Waals surface area contributed by atoms with Gasteiger partial charge in [-0.2, -0.15) is 0 Å². The highest BCUT2D eigenvalue weighted by Gasteiger charge is 2.44. The van der Waals surface area contributed by atoms with Crippen molar-refractivity contribution in [1.82, 2.24) is 9.88 Å². The van der Waals surface area contributed by atoms with Gasteiger partial charge in [0.1, 0.15) is 6.04 Å². The molecule has 2 heterocycles. The van der Waals surface area contributed by atoms with E-state index in [-0.39, 0.29) is 24.8 Å². The van der Waals surface area contributed by atoms with Crippen LogP contribution in [0.5, 0.6) is 0 Å². The van der Waals surface area contributed by atoms with Gasteiger partial charge in [0.25, 0.3) is 11.8 Å². The first kappa shape index (κ1) is 21.2. The standard InChI is InChI=1S/C24H20IN3O3/c1-16-4-6-18(7-5-16)23(30)27(15-17-3-2-12-26-14-17)21-13-22(29)28(24(21)31)20-10-8-19(25)9-11-20/h2-12,14,21H,13,15H2,1H3. The molecule has 1 atom stereocenters. The second kappa shape index (κ2) is 8.97. The summed E-state index contributed by atoms with van der Waals surface area (Å²) >= 11 is 2.17. The van der Waals surface area contributed by atoms with Gasteiger partial charge in [-0.15, -0.1) is 0 Å². The van der Waals surface area contributed by atoms with Crippen LogP contribution in [0.1, 0.15) is 27.9 Å². The average Bonchev–Trinajstić information content (AvgIpc) is 3.07. The summed E-state index contributed by atoms with van der Waals surface area (Å²) in [6, 6.07) is 17.1. The number of aryl methyl sites for hydroxylation is 1. The molecule has 0 radical (unpaired) electrons. The van der Waals surface area contributed by atoms with E-state index in [9.17, 15) is 14.4 Å². The molecule has 156 valence electrons. The lowest BCUT2D eigenvalue weighted by Crippen LogP contribution is -2.45. The lowest BCUT2D eigenvalue weighted by atomic mass is 10.1. The second-order valence-electron chi connectivity index (χ2n) is 7.42. The molecule has 1 aliphatic rings. The fourth-order valence-corrected chi connectivity index (χ4v) is 3.95. The molecule has 6 nitrogen and oxygen atoms in total. The minimum Gasteiger partial charge on any atom is -0.322 e. The molecule has 7 heteroatoms. The lowest BCUT2D eigenvalue weighted by molar-refractivity contribution is -0.122. The molecular formula is C24H20IN3O3. The van der Waals surface area contributed by atoms with Gasteiger partial charge in [-0.1, -0.05) is 23.8 Å². The first-order valence-corrected chi connectivity index (χ1v) is 10.9. The van der Waals surface area contributed by atoms with Crippen molar-refractivity contribution in [3.05, 3.63) is 93.3 Å². The Kier molecular flexibility index (Phi) is 6.13. The quantitative estimate of drug-likeness (QED) is 0.374. The Morgan fingerprint density at radius 3 is 2.45 bits per heavy atom. The molecule has 2 aromatic carbocycles. The van der Waals surface area contributed by atoms with Crippen molar-refractivity contribution in [2.24, 2.45) is 0 Å². The summed E-state index contributed by atoms with van der Waals surface area (Å²) in [4.78, 5) is 46.3. The van der Waals surface area contributed by atoms with E-state index in [1.807, 2.05) is 37.3 Å². The highest BCUT2D eigenvalue weighted by Crippen LogP contribution is 2.28. The number of anilines is 1. The van der Waals surface area contributed by atoms with Crippen LogP contribution in [0.15, 0.2) is 73.1 Å². The maximum absolute atomic E-state index is 13.4. The third-order valence-electron chi connectivity index (χ3n) is 5.22. The van der Waals surface area contributed by atoms with Crippen LogP contribution in [0.4, 0.5) is 5.69 Å². The minimum absolute atomic E-state index is 0.0529. The summed E-state index contributed by atoms with van der Waals surface area (Å²) in [6.45, 7) is 2.13. The summed E-state index contributed by atoms with van der Waals surface area (Å²) < 4.78 is 1.00. The Hall–Kier alpha value is -3.07. The van der Waals surface area contributed by atoms with Crippen LogP contribution in [0.2, 0.25) is 0 Å². The number of rotatable bonds is 5. The van der Waals surface area contributed by atoms with Crippen molar-refractivity contribution >= 4 is 46.0 Å². The maximum atomic E-state index is 13.4. The summed E-state index contributed by atoms with van der Waals surface area (Å²) in [5.41, 5.74) is 2.81. The van der Waals surface area contributed by atoms with E-state index in [1.165, 1.54) is 9.80 Å². The topological polar surface area (TPSA) is 70.6 Å². The van der Waals surface area contributed by atoms with E-state index < -0.39 is 11.9 Å². The molecule has 0 N–H and O–H groups in total. The van der Waals surface area contributed by atoms with E-state index in [4.69, 9.17) is 0 Å². The first-order valence-electron chi connectivity index (χ1n) is 9.83. The molecule has 3 amide bonds. The van der Waals surface area contributed by atoms with E-state index in [2.05, 4.69) is 27.6 Å². The smallest absolute Gasteiger partial charge is 0.257 e. The van der Waals surface area contributed by atoms with Crippen LogP contribution in [-0.2, 0) is 16.1 Å². The number of halogens is 1. The van der Waals surface area contributed by atoms with Crippen LogP contribution in [-0.4, -0.2) is 33.6 Å². The van der Waals surface area contributed by atoms with Gasteiger partial charge >= 0.3 is 0 Å². The van der Waals surface area contributed by atoms with Crippen LogP contribution in [0, 0.1) is 10.5 Å². The van der Waals surface area contributed by atoms with E-state index >= 15 is 0 Å². The minimum atomic E-state index is -0.874. The number of carbonyl (C=O) groups excluding carboxylic acids is 3. The summed E-state index contributed by atoms with van der Waals surface area (Å²) in [7, 11) is 0. The predicted molar refractivity (Wildman–Crippen MR) is 125 cm³/mol. The van der Waals surface area contributed by atoms with E-state index in [1.54, 1.807) is 42.7 Å². The molecule has 1 unspecified atom stereocenters. The zero-order valence-electron chi connectivity index (χ0n) is 16.9. The van der Waals surface area contributed by atoms with Gasteiger partial charge in [-0.25, -0.2) is 4.90 Å². The zero-order chi connectivity index (χ0) is 22.0. The zero-order valence-corrected chi connectivity index (χ0v) is 19.0. The van der Waals surface area contributed by atoms with Crippen molar-refractivity contribution in [2.75, 3.05) is 4.90 Å². The Morgan fingerprint density at radius 2 is 1.81 bits per heavy atom. The molecule has 3 aromatic rings. The average molecular weight is 525 g/mol. The van der Waals surface area contributed by atoms with Crippen LogP contribution >= 0.6 is 22.6 Å². The number of imide groups is 1. The molecule has 0 aliphatic carbocycles. The predicted octanol–water partition coefficient (Wildman–Crippen LogP) is 3.97. The van der Waals surface area contributed by atoms with Gasteiger partial charge in [-0.05, 0) is 77.5 Å². The fraction of sp³-hybridized carbons (Fsp3) is 0.167. The van der Waals surface area contributed by atoms with Crippen molar-refractivity contribution in [3.63, 3.8) is 0 Å². The molecule has 0 saturated carbocycles. The number of amides is 3. The van der Waals surface area contributed by atoms with Crippen molar-refractivity contribution in [1.29, 1.82) is 0 Å². The SMILES string of the molecule is Cc1ccc(C(=O)N(Cc2cccnc2)C2CC(=O)N(c3ccc(I)cc3)C2=O)cc1. The van der Waals surface area contributed by atoms with Crippen LogP contribution in [0.25, 0.3) is 0 Å². The molecule has 31 heavy (non-hydrogen) atoms. The summed E-state index contributed by atoms with van der Waals surface area (Å²) in [6.07, 6.45) is 3.26. The molecule has 1 saturated heterocycles. The summed E-state index contributed by atoms with van der Waals surface area (Å²) in [5, 5.41) is 0. The summed E-state index contributed by atoms with van der Waals surface area (Å²) in [5.74, 6) is -1.00. The number of benzene rings is 2. The third kappa shape index (κ3) is 4.51. The van der Waals surface area contributed by atoms with Gasteiger partial charge in [0, 0.05) is 28.1 Å². The Labute approximate surface area is 194 Å². The Bertz CT molecular complexity index is 1120. The van der Waals surface area contributed by atoms with Gasteiger partial charge in [0.05, 0.1) is 12.1 Å². The molecule has 1 fully saturated rings. The number of carbonyl (C=O) groups is 3. The number of aromatic nitrogens is 1. The molecule has 1 aliphatic heterocycles. The van der Waals surface area contributed by atoms with Gasteiger partial charge in [-0.3, -0.25) is 19.4 Å². The van der Waals surface area contributed by atoms with Crippen LogP contribution in [0.3, 0.4) is 0 Å². The Balaban J connectivity index is 1.68. The monoisotopic (exact) mass is 525 g/mol. The van der Waals surface area contributed by atoms with E-state index in [0.29, 0.717) is 11.3 Å². The Morgan fingerprint density at radius 1 is 1.10 bits per heavy atom. The van der Waals surface area contributed by atoms with Crippen molar-refractivity contribution < 1.29 is 14.4 Å². The highest BCUT2D eigenvalue weighted by molar-refractivity contribution is 14.1. The number of nitrogens with zero attached hydrogens (tertiary/aromatic N) is 3. The number of pyridine rings is 1. The molecule has 4 rings (SSSR count). The van der Waals surface area contributed by atoms with Gasteiger partial charge < -0.3 is 4.90 Å². The number of hydrogen-bond donors (Lipinski definition) is 0. The van der Waals surface area contributed by atoms with Crippen molar-refractivity contribution in [3.8, 4) is 0 Å². The van der Waals surface area contributed by atoms with Crippen LogP contribution < -0.4 is 4.90 Å². The highest BCUT2D eigenvalue weighted by atomic mass is 127. The molecule has 0 spiro atoms. The molecular weight excluding hydrogens is 505 g/mol. The lowest BCUT2D eigenvalue weighted by Gasteiger charge is -2.28. The third-order valence-corrected chi connectivity index (χ3v) is 5.94. The second-order valence-corrected chi connectivity index (χ2v) is 8.67. The normalized spacial score (nSPS) is 15.9. The molecule has 0 bridgehead atoms. The maximum Gasteiger partial charge on any atom is 0.257 e. The van der Waals surface area contributed by atoms with Crippen molar-refractivity contribution in [2.45, 2.75) is 25.9 Å². The number of hydrogen-bond acceptors (Lipinski definition) is 4. The fourth-order valence-electron chi connectivity index (χ4n) is 3.59. The van der Waals surface area contributed by atoms with Gasteiger partial charge in [0.15, 0.2) is 0 Å². The molecule has 1 aromatic heterocycles. The largest absolute Gasteiger partial charge is 0.322 e.